The summed E-state index contributed by atoms with van der Waals surface area (Å²) in [5.41, 5.74) is 0.463. The molecule has 6 nitrogen and oxygen atoms in total. The Bertz CT molecular complexity index is 488. The molecule has 1 saturated heterocycles. The first-order valence-corrected chi connectivity index (χ1v) is 7.19. The molecule has 0 radical (unpaired) electrons. The van der Waals surface area contributed by atoms with E-state index in [2.05, 4.69) is 4.90 Å². The lowest BCUT2D eigenvalue weighted by atomic mass is 9.97. The zero-order valence-corrected chi connectivity index (χ0v) is 12.5. The van der Waals surface area contributed by atoms with Crippen molar-refractivity contribution in [3.05, 3.63) is 23.7 Å². The van der Waals surface area contributed by atoms with Gasteiger partial charge in [0.05, 0.1) is 32.4 Å². The molecule has 0 aromatic carbocycles. The Hall–Kier alpha value is -1.82. The number of methoxy groups -OCH3 is 1. The highest BCUT2D eigenvalue weighted by Crippen LogP contribution is 2.22. The number of carbonyl (C=O) groups excluding carboxylic acids is 2. The molecule has 0 atom stereocenters. The smallest absolute Gasteiger partial charge is 0.341 e. The Balaban J connectivity index is 1.88. The largest absolute Gasteiger partial charge is 0.467 e. The standard InChI is InChI=1S/C15H21NO5/c1-3-20-14(17)11-4-7-16(8-5-11)10-13-12(6-9-21-13)15(18)19-2/h6,9,11H,3-5,7-8,10H2,1-2H3. The van der Waals surface area contributed by atoms with E-state index >= 15 is 0 Å². The number of furan rings is 1. The van der Waals surface area contributed by atoms with Crippen molar-refractivity contribution in [1.29, 1.82) is 0 Å². The van der Waals surface area contributed by atoms with Crippen LogP contribution in [0.1, 0.15) is 35.9 Å². The normalized spacial score (nSPS) is 16.7. The average molecular weight is 295 g/mol. The second-order valence-corrected chi connectivity index (χ2v) is 5.05. The Labute approximate surface area is 124 Å². The minimum Gasteiger partial charge on any atom is -0.467 e. The van der Waals surface area contributed by atoms with Gasteiger partial charge >= 0.3 is 11.9 Å². The predicted molar refractivity (Wildman–Crippen MR) is 74.7 cm³/mol. The maximum Gasteiger partial charge on any atom is 0.341 e. The van der Waals surface area contributed by atoms with Gasteiger partial charge in [-0.1, -0.05) is 0 Å². The average Bonchev–Trinajstić information content (AvgIpc) is 2.95. The van der Waals surface area contributed by atoms with Gasteiger partial charge in [0.1, 0.15) is 11.3 Å². The Morgan fingerprint density at radius 2 is 2.10 bits per heavy atom. The summed E-state index contributed by atoms with van der Waals surface area (Å²) in [5, 5.41) is 0. The third-order valence-corrected chi connectivity index (χ3v) is 3.73. The highest BCUT2D eigenvalue weighted by Gasteiger charge is 2.27. The van der Waals surface area contributed by atoms with Gasteiger partial charge in [0.15, 0.2) is 0 Å². The molecule has 116 valence electrons. The molecular weight excluding hydrogens is 274 g/mol. The van der Waals surface area contributed by atoms with Crippen molar-refractivity contribution in [3.8, 4) is 0 Å². The molecule has 0 spiro atoms. The van der Waals surface area contributed by atoms with Crippen molar-refractivity contribution < 1.29 is 23.5 Å². The molecule has 0 saturated carbocycles. The van der Waals surface area contributed by atoms with Crippen LogP contribution in [0.2, 0.25) is 0 Å². The first-order chi connectivity index (χ1) is 10.2. The van der Waals surface area contributed by atoms with Crippen LogP contribution in [0, 0.1) is 5.92 Å². The van der Waals surface area contributed by atoms with Crippen molar-refractivity contribution in [3.63, 3.8) is 0 Å². The molecule has 0 bridgehead atoms. The van der Waals surface area contributed by atoms with Gasteiger partial charge in [-0.3, -0.25) is 9.69 Å². The second-order valence-electron chi connectivity index (χ2n) is 5.05. The van der Waals surface area contributed by atoms with Crippen molar-refractivity contribution in [2.45, 2.75) is 26.3 Å². The summed E-state index contributed by atoms with van der Waals surface area (Å²) < 4.78 is 15.1. The summed E-state index contributed by atoms with van der Waals surface area (Å²) >= 11 is 0. The molecule has 0 N–H and O–H groups in total. The lowest BCUT2D eigenvalue weighted by molar-refractivity contribution is -0.149. The number of likely N-dealkylation sites (tertiary alicyclic amines) is 1. The summed E-state index contributed by atoms with van der Waals surface area (Å²) in [6.07, 6.45) is 3.03. The highest BCUT2D eigenvalue weighted by atomic mass is 16.5. The van der Waals surface area contributed by atoms with Gasteiger partial charge in [-0.25, -0.2) is 4.79 Å². The Morgan fingerprint density at radius 3 is 2.71 bits per heavy atom. The third-order valence-electron chi connectivity index (χ3n) is 3.73. The molecule has 1 aliphatic heterocycles. The molecule has 2 heterocycles. The number of carbonyl (C=O) groups is 2. The van der Waals surface area contributed by atoms with E-state index in [1.165, 1.54) is 13.4 Å². The predicted octanol–water partition coefficient (Wildman–Crippen LogP) is 1.84. The quantitative estimate of drug-likeness (QED) is 0.772. The third kappa shape index (κ3) is 3.85. The van der Waals surface area contributed by atoms with Crippen molar-refractivity contribution in [1.82, 2.24) is 4.90 Å². The van der Waals surface area contributed by atoms with E-state index in [0.717, 1.165) is 25.9 Å². The van der Waals surface area contributed by atoms with Gasteiger partial charge in [-0.2, -0.15) is 0 Å². The monoisotopic (exact) mass is 295 g/mol. The maximum atomic E-state index is 11.7. The number of hydrogen-bond donors (Lipinski definition) is 0. The van der Waals surface area contributed by atoms with Crippen LogP contribution in [0.4, 0.5) is 0 Å². The van der Waals surface area contributed by atoms with Crippen LogP contribution in [0.5, 0.6) is 0 Å². The van der Waals surface area contributed by atoms with Crippen LogP contribution in [0.3, 0.4) is 0 Å². The summed E-state index contributed by atoms with van der Waals surface area (Å²) in [6, 6.07) is 1.62. The fourth-order valence-corrected chi connectivity index (χ4v) is 2.54. The number of piperidine rings is 1. The van der Waals surface area contributed by atoms with E-state index < -0.39 is 0 Å². The van der Waals surface area contributed by atoms with E-state index in [9.17, 15) is 9.59 Å². The van der Waals surface area contributed by atoms with E-state index in [-0.39, 0.29) is 17.9 Å². The first-order valence-electron chi connectivity index (χ1n) is 7.19. The summed E-state index contributed by atoms with van der Waals surface area (Å²) in [4.78, 5) is 25.4. The van der Waals surface area contributed by atoms with Crippen LogP contribution < -0.4 is 0 Å². The minimum atomic E-state index is -0.389. The maximum absolute atomic E-state index is 11.7. The number of ether oxygens (including phenoxy) is 2. The zero-order chi connectivity index (χ0) is 15.2. The number of esters is 2. The van der Waals surface area contributed by atoms with Gasteiger partial charge in [-0.05, 0) is 38.9 Å². The van der Waals surface area contributed by atoms with E-state index in [1.807, 2.05) is 6.92 Å². The molecule has 0 unspecified atom stereocenters. The van der Waals surface area contributed by atoms with Gasteiger partial charge in [-0.15, -0.1) is 0 Å². The Kier molecular flexibility index (Phi) is 5.38. The molecule has 21 heavy (non-hydrogen) atoms. The fraction of sp³-hybridized carbons (Fsp3) is 0.600. The van der Waals surface area contributed by atoms with Crippen molar-refractivity contribution >= 4 is 11.9 Å². The number of nitrogens with zero attached hydrogens (tertiary/aromatic N) is 1. The van der Waals surface area contributed by atoms with Crippen molar-refractivity contribution in [2.75, 3.05) is 26.8 Å². The summed E-state index contributed by atoms with van der Waals surface area (Å²) in [7, 11) is 1.35. The van der Waals surface area contributed by atoms with Crippen LogP contribution in [-0.2, 0) is 20.8 Å². The van der Waals surface area contributed by atoms with Crippen LogP contribution >= 0.6 is 0 Å². The lowest BCUT2D eigenvalue weighted by Crippen LogP contribution is -2.36. The van der Waals surface area contributed by atoms with E-state index in [1.54, 1.807) is 6.07 Å². The second kappa shape index (κ2) is 7.26. The summed E-state index contributed by atoms with van der Waals surface area (Å²) in [6.45, 7) is 4.36. The molecule has 0 amide bonds. The Morgan fingerprint density at radius 1 is 1.38 bits per heavy atom. The molecule has 1 aliphatic rings. The van der Waals surface area contributed by atoms with Crippen molar-refractivity contribution in [2.24, 2.45) is 5.92 Å². The molecular formula is C15H21NO5. The van der Waals surface area contributed by atoms with Crippen LogP contribution in [0.25, 0.3) is 0 Å². The van der Waals surface area contributed by atoms with Gasteiger partial charge in [0, 0.05) is 0 Å². The van der Waals surface area contributed by atoms with Crippen LogP contribution in [0.15, 0.2) is 16.7 Å². The fourth-order valence-electron chi connectivity index (χ4n) is 2.54. The molecule has 1 fully saturated rings. The summed E-state index contributed by atoms with van der Waals surface area (Å²) in [5.74, 6) is 0.0971. The topological polar surface area (TPSA) is 69.0 Å². The molecule has 1 aromatic rings. The molecule has 1 aromatic heterocycles. The van der Waals surface area contributed by atoms with E-state index in [0.29, 0.717) is 24.5 Å². The molecule has 6 heteroatoms. The molecule has 0 aliphatic carbocycles. The number of hydrogen-bond acceptors (Lipinski definition) is 6. The van der Waals surface area contributed by atoms with E-state index in [4.69, 9.17) is 13.9 Å². The zero-order valence-electron chi connectivity index (χ0n) is 12.5. The van der Waals surface area contributed by atoms with Gasteiger partial charge in [0.25, 0.3) is 0 Å². The number of rotatable bonds is 5. The molecule has 2 rings (SSSR count). The first kappa shape index (κ1) is 15.6. The highest BCUT2D eigenvalue weighted by molar-refractivity contribution is 5.90. The van der Waals surface area contributed by atoms with Gasteiger partial charge < -0.3 is 13.9 Å². The SMILES string of the molecule is CCOC(=O)C1CCN(Cc2occc2C(=O)OC)CC1. The van der Waals surface area contributed by atoms with Crippen LogP contribution in [-0.4, -0.2) is 43.6 Å². The minimum absolute atomic E-state index is 0.0159. The lowest BCUT2D eigenvalue weighted by Gasteiger charge is -2.30. The van der Waals surface area contributed by atoms with Gasteiger partial charge in [0.2, 0.25) is 0 Å².